The fourth-order valence-corrected chi connectivity index (χ4v) is 2.80. The molecule has 0 saturated heterocycles. The van der Waals surface area contributed by atoms with Crippen LogP contribution in [0.5, 0.6) is 0 Å². The molecule has 1 heterocycles. The molecule has 2 aromatic rings. The number of esters is 1. The zero-order valence-electron chi connectivity index (χ0n) is 15.8. The van der Waals surface area contributed by atoms with Gasteiger partial charge in [-0.15, -0.1) is 5.10 Å². The van der Waals surface area contributed by atoms with Gasteiger partial charge in [0.15, 0.2) is 6.61 Å². The molecular formula is C19H28N4O3. The van der Waals surface area contributed by atoms with Gasteiger partial charge in [0.25, 0.3) is 5.91 Å². The van der Waals surface area contributed by atoms with Crippen LogP contribution in [-0.4, -0.2) is 40.0 Å². The van der Waals surface area contributed by atoms with Gasteiger partial charge in [-0.3, -0.25) is 4.79 Å². The average Bonchev–Trinajstić information content (AvgIpc) is 3.08. The Kier molecular flexibility index (Phi) is 7.56. The molecule has 142 valence electrons. The highest BCUT2D eigenvalue weighted by atomic mass is 16.5. The van der Waals surface area contributed by atoms with Crippen molar-refractivity contribution in [2.75, 3.05) is 13.2 Å². The summed E-state index contributed by atoms with van der Waals surface area (Å²) in [6.45, 7) is 7.31. The predicted octanol–water partition coefficient (Wildman–Crippen LogP) is 2.94. The Balaban J connectivity index is 1.83. The Morgan fingerprint density at radius 1 is 1.27 bits per heavy atom. The monoisotopic (exact) mass is 360 g/mol. The van der Waals surface area contributed by atoms with Gasteiger partial charge < -0.3 is 10.1 Å². The summed E-state index contributed by atoms with van der Waals surface area (Å²) in [6, 6.07) is 5.08. The third kappa shape index (κ3) is 5.28. The first-order valence-corrected chi connectivity index (χ1v) is 9.36. The van der Waals surface area contributed by atoms with Gasteiger partial charge in [0.1, 0.15) is 5.52 Å². The number of nitrogens with one attached hydrogen (secondary N) is 1. The van der Waals surface area contributed by atoms with Crippen molar-refractivity contribution in [3.63, 3.8) is 0 Å². The Morgan fingerprint density at radius 3 is 2.77 bits per heavy atom. The minimum atomic E-state index is -0.536. The van der Waals surface area contributed by atoms with E-state index in [1.807, 2.05) is 6.92 Å². The molecule has 0 spiro atoms. The predicted molar refractivity (Wildman–Crippen MR) is 99.8 cm³/mol. The lowest BCUT2D eigenvalue weighted by molar-refractivity contribution is -0.124. The Bertz CT molecular complexity index is 741. The summed E-state index contributed by atoms with van der Waals surface area (Å²) in [5, 5.41) is 10.9. The van der Waals surface area contributed by atoms with Gasteiger partial charge in [0, 0.05) is 13.1 Å². The Labute approximate surface area is 154 Å². The van der Waals surface area contributed by atoms with Crippen LogP contribution in [-0.2, 0) is 16.1 Å². The van der Waals surface area contributed by atoms with E-state index in [0.29, 0.717) is 30.1 Å². The molecule has 1 amide bonds. The molecule has 1 atom stereocenters. The van der Waals surface area contributed by atoms with Gasteiger partial charge in [-0.25, -0.2) is 9.48 Å². The molecule has 0 fully saturated rings. The summed E-state index contributed by atoms with van der Waals surface area (Å²) in [5.41, 5.74) is 1.86. The molecule has 0 unspecified atom stereocenters. The molecule has 26 heavy (non-hydrogen) atoms. The summed E-state index contributed by atoms with van der Waals surface area (Å²) in [7, 11) is 0. The van der Waals surface area contributed by atoms with E-state index in [1.165, 1.54) is 0 Å². The lowest BCUT2D eigenvalue weighted by Gasteiger charge is -2.15. The zero-order chi connectivity index (χ0) is 18.9. The number of fused-ring (bicyclic) bond motifs is 1. The van der Waals surface area contributed by atoms with Gasteiger partial charge in [-0.1, -0.05) is 38.3 Å². The molecule has 0 aliphatic carbocycles. The van der Waals surface area contributed by atoms with Crippen LogP contribution in [0.4, 0.5) is 0 Å². The van der Waals surface area contributed by atoms with Crippen molar-refractivity contribution in [2.24, 2.45) is 5.92 Å². The number of carbonyl (C=O) groups excluding carboxylic acids is 2. The van der Waals surface area contributed by atoms with E-state index in [1.54, 1.807) is 22.9 Å². The quantitative estimate of drug-likeness (QED) is 0.658. The molecule has 2 rings (SSSR count). The van der Waals surface area contributed by atoms with Crippen molar-refractivity contribution in [3.8, 4) is 0 Å². The summed E-state index contributed by atoms with van der Waals surface area (Å²) in [4.78, 5) is 24.1. The highest BCUT2D eigenvalue weighted by molar-refractivity contribution is 5.94. The number of carbonyl (C=O) groups is 2. The summed E-state index contributed by atoms with van der Waals surface area (Å²) >= 11 is 0. The van der Waals surface area contributed by atoms with E-state index >= 15 is 0 Å². The molecule has 0 radical (unpaired) electrons. The standard InChI is InChI=1S/C19H28N4O3/c1-4-7-8-14(5-2)12-20-18(24)13-26-19(25)15-9-10-17-16(11-15)21-22-23(17)6-3/h9-11,14H,4-8,12-13H2,1-3H3,(H,20,24)/t14-/m0/s1. The van der Waals surface area contributed by atoms with Crippen molar-refractivity contribution in [1.29, 1.82) is 0 Å². The molecule has 0 aliphatic rings. The van der Waals surface area contributed by atoms with Crippen LogP contribution >= 0.6 is 0 Å². The third-order valence-electron chi connectivity index (χ3n) is 4.51. The Hall–Kier alpha value is -2.44. The van der Waals surface area contributed by atoms with Gasteiger partial charge in [-0.2, -0.15) is 0 Å². The second-order valence-corrected chi connectivity index (χ2v) is 6.41. The van der Waals surface area contributed by atoms with E-state index in [9.17, 15) is 9.59 Å². The SMILES string of the molecule is CCCC[C@H](CC)CNC(=O)COC(=O)c1ccc2c(c1)nnn2CC. The van der Waals surface area contributed by atoms with Crippen LogP contribution in [0, 0.1) is 5.92 Å². The number of rotatable bonds is 10. The normalized spacial score (nSPS) is 12.1. The van der Waals surface area contributed by atoms with Crippen LogP contribution in [0.3, 0.4) is 0 Å². The number of unbranched alkanes of at least 4 members (excludes halogenated alkanes) is 1. The summed E-state index contributed by atoms with van der Waals surface area (Å²) in [5.74, 6) is -0.337. The molecule has 0 saturated carbocycles. The zero-order valence-corrected chi connectivity index (χ0v) is 15.8. The van der Waals surface area contributed by atoms with Crippen molar-refractivity contribution in [2.45, 2.75) is 53.0 Å². The minimum absolute atomic E-state index is 0.272. The van der Waals surface area contributed by atoms with Gasteiger partial charge >= 0.3 is 5.97 Å². The van der Waals surface area contributed by atoms with Crippen LogP contribution in [0.15, 0.2) is 18.2 Å². The first-order valence-electron chi connectivity index (χ1n) is 9.36. The van der Waals surface area contributed by atoms with Crippen molar-refractivity contribution in [1.82, 2.24) is 20.3 Å². The lowest BCUT2D eigenvalue weighted by atomic mass is 9.99. The number of nitrogens with zero attached hydrogens (tertiary/aromatic N) is 3. The molecular weight excluding hydrogens is 332 g/mol. The van der Waals surface area contributed by atoms with Gasteiger partial charge in [0.2, 0.25) is 0 Å². The topological polar surface area (TPSA) is 86.1 Å². The number of hydrogen-bond acceptors (Lipinski definition) is 5. The van der Waals surface area contributed by atoms with Crippen LogP contribution in [0.1, 0.15) is 56.8 Å². The first kappa shape index (κ1) is 19.9. The number of ether oxygens (including phenoxy) is 1. The molecule has 1 aromatic heterocycles. The largest absolute Gasteiger partial charge is 0.452 e. The second-order valence-electron chi connectivity index (χ2n) is 6.41. The third-order valence-corrected chi connectivity index (χ3v) is 4.51. The maximum Gasteiger partial charge on any atom is 0.338 e. The van der Waals surface area contributed by atoms with E-state index in [4.69, 9.17) is 4.74 Å². The lowest BCUT2D eigenvalue weighted by Crippen LogP contribution is -2.32. The van der Waals surface area contributed by atoms with E-state index in [-0.39, 0.29) is 12.5 Å². The maximum atomic E-state index is 12.1. The number of benzene rings is 1. The average molecular weight is 360 g/mol. The summed E-state index contributed by atoms with van der Waals surface area (Å²) in [6.07, 6.45) is 4.44. The smallest absolute Gasteiger partial charge is 0.338 e. The van der Waals surface area contributed by atoms with E-state index < -0.39 is 5.97 Å². The molecule has 1 aromatic carbocycles. The fourth-order valence-electron chi connectivity index (χ4n) is 2.80. The minimum Gasteiger partial charge on any atom is -0.452 e. The van der Waals surface area contributed by atoms with Crippen molar-refractivity contribution in [3.05, 3.63) is 23.8 Å². The molecule has 7 heteroatoms. The van der Waals surface area contributed by atoms with Crippen LogP contribution in [0.25, 0.3) is 11.0 Å². The summed E-state index contributed by atoms with van der Waals surface area (Å²) < 4.78 is 6.86. The van der Waals surface area contributed by atoms with Crippen LogP contribution in [0.2, 0.25) is 0 Å². The maximum absolute atomic E-state index is 12.1. The molecule has 0 aliphatic heterocycles. The van der Waals surface area contributed by atoms with Gasteiger partial charge in [-0.05, 0) is 37.5 Å². The Morgan fingerprint density at radius 2 is 2.08 bits per heavy atom. The number of aryl methyl sites for hydroxylation is 1. The fraction of sp³-hybridized carbons (Fsp3) is 0.579. The second kappa shape index (κ2) is 9.89. The van der Waals surface area contributed by atoms with E-state index in [0.717, 1.165) is 31.2 Å². The number of amides is 1. The number of aromatic nitrogens is 3. The van der Waals surface area contributed by atoms with Crippen LogP contribution < -0.4 is 5.32 Å². The number of hydrogen-bond donors (Lipinski definition) is 1. The highest BCUT2D eigenvalue weighted by Gasteiger charge is 2.14. The first-order chi connectivity index (χ1) is 12.6. The van der Waals surface area contributed by atoms with Crippen molar-refractivity contribution >= 4 is 22.9 Å². The molecule has 0 bridgehead atoms. The van der Waals surface area contributed by atoms with Crippen molar-refractivity contribution < 1.29 is 14.3 Å². The molecule has 1 N–H and O–H groups in total. The molecule has 7 nitrogen and oxygen atoms in total. The van der Waals surface area contributed by atoms with E-state index in [2.05, 4.69) is 29.5 Å². The highest BCUT2D eigenvalue weighted by Crippen LogP contribution is 2.14. The van der Waals surface area contributed by atoms with Gasteiger partial charge in [0.05, 0.1) is 11.1 Å².